The first-order chi connectivity index (χ1) is 15.5. The number of nitrogens with zero attached hydrogens (tertiary/aromatic N) is 2. The maximum absolute atomic E-state index is 13.6. The van der Waals surface area contributed by atoms with Gasteiger partial charge in [0.15, 0.2) is 0 Å². The summed E-state index contributed by atoms with van der Waals surface area (Å²) < 4.78 is 0. The predicted octanol–water partition coefficient (Wildman–Crippen LogP) is 4.77. The molecule has 1 spiro atoms. The molecule has 3 fully saturated rings. The van der Waals surface area contributed by atoms with Gasteiger partial charge in [0, 0.05) is 31.2 Å². The van der Waals surface area contributed by atoms with Crippen molar-refractivity contribution in [2.24, 2.45) is 5.92 Å². The molecule has 1 atom stereocenters. The van der Waals surface area contributed by atoms with Crippen molar-refractivity contribution in [2.75, 3.05) is 19.6 Å². The predicted molar refractivity (Wildman–Crippen MR) is 128 cm³/mol. The highest BCUT2D eigenvalue weighted by molar-refractivity contribution is 6.31. The number of piperazine rings is 1. The SMILES string of the molecule is CCCCN1C(=O)[C@H](CC2CCCCC2)NC(=O)C12CCN(Cc1ccccc1Cl)CC2. The van der Waals surface area contributed by atoms with Gasteiger partial charge in [0.05, 0.1) is 0 Å². The summed E-state index contributed by atoms with van der Waals surface area (Å²) in [7, 11) is 0. The van der Waals surface area contributed by atoms with E-state index in [1.54, 1.807) is 0 Å². The molecule has 2 heterocycles. The second-order valence-electron chi connectivity index (χ2n) is 10.0. The molecule has 0 radical (unpaired) electrons. The van der Waals surface area contributed by atoms with Crippen molar-refractivity contribution < 1.29 is 9.59 Å². The van der Waals surface area contributed by atoms with E-state index in [1.807, 2.05) is 23.1 Å². The minimum atomic E-state index is -0.688. The lowest BCUT2D eigenvalue weighted by Gasteiger charge is -2.52. The third-order valence-corrected chi connectivity index (χ3v) is 8.24. The number of carbonyl (C=O) groups is 2. The van der Waals surface area contributed by atoms with Crippen LogP contribution in [0.25, 0.3) is 0 Å². The molecule has 2 amide bonds. The monoisotopic (exact) mass is 459 g/mol. The van der Waals surface area contributed by atoms with E-state index in [-0.39, 0.29) is 17.9 Å². The van der Waals surface area contributed by atoms with Crippen molar-refractivity contribution in [3.8, 4) is 0 Å². The van der Waals surface area contributed by atoms with Crippen LogP contribution in [0, 0.1) is 5.92 Å². The maximum atomic E-state index is 13.6. The van der Waals surface area contributed by atoms with Crippen molar-refractivity contribution in [1.29, 1.82) is 0 Å². The van der Waals surface area contributed by atoms with E-state index in [0.717, 1.165) is 49.5 Å². The van der Waals surface area contributed by atoms with Gasteiger partial charge in [-0.2, -0.15) is 0 Å². The lowest BCUT2D eigenvalue weighted by Crippen LogP contribution is -2.73. The normalized spacial score (nSPS) is 24.7. The molecule has 1 saturated carbocycles. The van der Waals surface area contributed by atoms with Crippen molar-refractivity contribution in [1.82, 2.24) is 15.1 Å². The summed E-state index contributed by atoms with van der Waals surface area (Å²) in [5.41, 5.74) is 0.427. The number of hydrogen-bond donors (Lipinski definition) is 1. The molecular formula is C26H38ClN3O2. The van der Waals surface area contributed by atoms with Crippen molar-refractivity contribution in [3.63, 3.8) is 0 Å². The zero-order valence-corrected chi connectivity index (χ0v) is 20.2. The molecule has 176 valence electrons. The molecule has 0 unspecified atom stereocenters. The van der Waals surface area contributed by atoms with E-state index in [4.69, 9.17) is 11.6 Å². The van der Waals surface area contributed by atoms with E-state index < -0.39 is 5.54 Å². The highest BCUT2D eigenvalue weighted by Crippen LogP contribution is 2.36. The van der Waals surface area contributed by atoms with Crippen LogP contribution >= 0.6 is 11.6 Å². The van der Waals surface area contributed by atoms with Gasteiger partial charge in [-0.25, -0.2) is 0 Å². The number of hydrogen-bond acceptors (Lipinski definition) is 3. The Morgan fingerprint density at radius 2 is 1.81 bits per heavy atom. The van der Waals surface area contributed by atoms with E-state index >= 15 is 0 Å². The van der Waals surface area contributed by atoms with E-state index in [1.165, 1.54) is 32.1 Å². The van der Waals surface area contributed by atoms with Crippen LogP contribution in [0.4, 0.5) is 0 Å². The summed E-state index contributed by atoms with van der Waals surface area (Å²) >= 11 is 6.36. The Bertz CT molecular complexity index is 800. The molecule has 1 aromatic rings. The molecular weight excluding hydrogens is 422 g/mol. The zero-order valence-electron chi connectivity index (χ0n) is 19.5. The number of likely N-dealkylation sites (tertiary alicyclic amines) is 1. The van der Waals surface area contributed by atoms with E-state index in [2.05, 4.69) is 23.2 Å². The van der Waals surface area contributed by atoms with Crippen LogP contribution in [0.2, 0.25) is 5.02 Å². The lowest BCUT2D eigenvalue weighted by atomic mass is 9.79. The van der Waals surface area contributed by atoms with Crippen molar-refractivity contribution in [2.45, 2.75) is 89.3 Å². The van der Waals surface area contributed by atoms with Crippen LogP contribution in [-0.2, 0) is 16.1 Å². The van der Waals surface area contributed by atoms with Gasteiger partial charge in [-0.3, -0.25) is 14.5 Å². The summed E-state index contributed by atoms with van der Waals surface area (Å²) in [6, 6.07) is 7.61. The molecule has 1 N–H and O–H groups in total. The Balaban J connectivity index is 1.45. The molecule has 3 aliphatic rings. The number of halogens is 1. The number of piperidine rings is 1. The fourth-order valence-corrected chi connectivity index (χ4v) is 6.07. The summed E-state index contributed by atoms with van der Waals surface area (Å²) in [6.07, 6.45) is 10.3. The summed E-state index contributed by atoms with van der Waals surface area (Å²) in [5.74, 6) is 0.798. The molecule has 2 saturated heterocycles. The van der Waals surface area contributed by atoms with Crippen LogP contribution in [0.3, 0.4) is 0 Å². The van der Waals surface area contributed by atoms with E-state index in [0.29, 0.717) is 25.3 Å². The molecule has 0 bridgehead atoms. The quantitative estimate of drug-likeness (QED) is 0.638. The van der Waals surface area contributed by atoms with Crippen LogP contribution in [-0.4, -0.2) is 52.8 Å². The minimum Gasteiger partial charge on any atom is -0.342 e. The largest absolute Gasteiger partial charge is 0.342 e. The molecule has 4 rings (SSSR count). The summed E-state index contributed by atoms with van der Waals surface area (Å²) in [5, 5.41) is 3.97. The fraction of sp³-hybridized carbons (Fsp3) is 0.692. The first-order valence-corrected chi connectivity index (χ1v) is 13.0. The van der Waals surface area contributed by atoms with Gasteiger partial charge >= 0.3 is 0 Å². The molecule has 5 nitrogen and oxygen atoms in total. The first-order valence-electron chi connectivity index (χ1n) is 12.6. The van der Waals surface area contributed by atoms with Crippen LogP contribution in [0.15, 0.2) is 24.3 Å². The third-order valence-electron chi connectivity index (χ3n) is 7.87. The number of amides is 2. The topological polar surface area (TPSA) is 52.7 Å². The molecule has 32 heavy (non-hydrogen) atoms. The Hall–Kier alpha value is -1.59. The molecule has 1 aromatic carbocycles. The number of unbranched alkanes of at least 4 members (excludes halogenated alkanes) is 1. The van der Waals surface area contributed by atoms with Gasteiger partial charge in [-0.1, -0.05) is 75.2 Å². The van der Waals surface area contributed by atoms with Gasteiger partial charge in [-0.05, 0) is 43.2 Å². The highest BCUT2D eigenvalue weighted by atomic mass is 35.5. The lowest BCUT2D eigenvalue weighted by molar-refractivity contribution is -0.162. The second kappa shape index (κ2) is 10.6. The number of rotatable bonds is 7. The Morgan fingerprint density at radius 1 is 1.09 bits per heavy atom. The first kappa shape index (κ1) is 23.6. The third kappa shape index (κ3) is 4.99. The van der Waals surface area contributed by atoms with Gasteiger partial charge < -0.3 is 10.2 Å². The van der Waals surface area contributed by atoms with E-state index in [9.17, 15) is 9.59 Å². The van der Waals surface area contributed by atoms with Crippen LogP contribution < -0.4 is 5.32 Å². The van der Waals surface area contributed by atoms with Gasteiger partial charge in [0.2, 0.25) is 11.8 Å². The summed E-state index contributed by atoms with van der Waals surface area (Å²) in [6.45, 7) is 5.20. The number of benzene rings is 1. The fourth-order valence-electron chi connectivity index (χ4n) is 5.88. The Labute approximate surface area is 197 Å². The highest BCUT2D eigenvalue weighted by Gasteiger charge is 2.53. The number of nitrogens with one attached hydrogen (secondary N) is 1. The maximum Gasteiger partial charge on any atom is 0.246 e. The standard InChI is InChI=1S/C26H38ClN3O2/c1-2-3-15-30-24(31)23(18-20-9-5-4-6-10-20)28-25(32)26(30)13-16-29(17-14-26)19-21-11-7-8-12-22(21)27/h7-8,11-12,20,23H,2-6,9-10,13-19H2,1H3,(H,28,32)/t23-/m0/s1. The van der Waals surface area contributed by atoms with Gasteiger partial charge in [0.1, 0.15) is 11.6 Å². The van der Waals surface area contributed by atoms with Crippen molar-refractivity contribution in [3.05, 3.63) is 34.9 Å². The molecule has 2 aliphatic heterocycles. The Kier molecular flexibility index (Phi) is 7.78. The summed E-state index contributed by atoms with van der Waals surface area (Å²) in [4.78, 5) is 31.5. The van der Waals surface area contributed by atoms with Crippen LogP contribution in [0.1, 0.15) is 76.7 Å². The average molecular weight is 460 g/mol. The zero-order chi connectivity index (χ0) is 22.6. The Morgan fingerprint density at radius 3 is 2.50 bits per heavy atom. The smallest absolute Gasteiger partial charge is 0.246 e. The van der Waals surface area contributed by atoms with Crippen molar-refractivity contribution >= 4 is 23.4 Å². The molecule has 0 aromatic heterocycles. The average Bonchev–Trinajstić information content (AvgIpc) is 2.81. The minimum absolute atomic E-state index is 0.0754. The molecule has 1 aliphatic carbocycles. The second-order valence-corrected chi connectivity index (χ2v) is 10.4. The van der Waals surface area contributed by atoms with Crippen LogP contribution in [0.5, 0.6) is 0 Å². The number of carbonyl (C=O) groups excluding carboxylic acids is 2. The van der Waals surface area contributed by atoms with Gasteiger partial charge in [0.25, 0.3) is 0 Å². The molecule has 6 heteroatoms. The van der Waals surface area contributed by atoms with Gasteiger partial charge in [-0.15, -0.1) is 0 Å².